The lowest BCUT2D eigenvalue weighted by atomic mass is 10.1. The summed E-state index contributed by atoms with van der Waals surface area (Å²) >= 11 is 0. The number of rotatable bonds is 5. The van der Waals surface area contributed by atoms with E-state index in [1.165, 1.54) is 0 Å². The zero-order valence-electron chi connectivity index (χ0n) is 15.2. The largest absolute Gasteiger partial charge is 0.483 e. The molecule has 0 unspecified atom stereocenters. The van der Waals surface area contributed by atoms with Crippen LogP contribution in [0.5, 0.6) is 5.75 Å². The van der Waals surface area contributed by atoms with Gasteiger partial charge < -0.3 is 14.2 Å². The minimum absolute atomic E-state index is 0.0102. The van der Waals surface area contributed by atoms with Gasteiger partial charge in [0.15, 0.2) is 6.61 Å². The minimum Gasteiger partial charge on any atom is -0.483 e. The second kappa shape index (κ2) is 7.61. The lowest BCUT2D eigenvalue weighted by Gasteiger charge is -2.16. The highest BCUT2D eigenvalue weighted by atomic mass is 16.5. The van der Waals surface area contributed by atoms with E-state index in [1.54, 1.807) is 0 Å². The predicted molar refractivity (Wildman–Crippen MR) is 101 cm³/mol. The van der Waals surface area contributed by atoms with Crippen LogP contribution in [0.1, 0.15) is 18.4 Å². The molecule has 0 spiro atoms. The zero-order valence-corrected chi connectivity index (χ0v) is 15.2. The Balaban J connectivity index is 1.54. The van der Waals surface area contributed by atoms with Gasteiger partial charge in [-0.25, -0.2) is 0 Å². The van der Waals surface area contributed by atoms with Crippen molar-refractivity contribution in [3.05, 3.63) is 54.1 Å². The average Bonchev–Trinajstić information content (AvgIpc) is 3.39. The summed E-state index contributed by atoms with van der Waals surface area (Å²) in [6.07, 6.45) is 2.12. The number of aromatic nitrogens is 2. The van der Waals surface area contributed by atoms with Crippen molar-refractivity contribution in [1.82, 2.24) is 15.0 Å². The first-order valence-electron chi connectivity index (χ1n) is 9.12. The third-order valence-corrected chi connectivity index (χ3v) is 4.74. The molecular formula is C21H21N3O3. The standard InChI is InChI=1S/C21H21N3O3/c1-15-8-2-3-9-16(15)21-22-20(23-27-21)17-10-4-5-11-18(17)26-14-19(25)24-12-6-7-13-24/h2-5,8-11H,6-7,12-14H2,1H3. The average molecular weight is 363 g/mol. The minimum atomic E-state index is 0.0102. The number of carbonyl (C=O) groups excluding carboxylic acids is 1. The Labute approximate surface area is 157 Å². The lowest BCUT2D eigenvalue weighted by molar-refractivity contribution is -0.132. The van der Waals surface area contributed by atoms with E-state index in [1.807, 2.05) is 60.4 Å². The van der Waals surface area contributed by atoms with Gasteiger partial charge in [0.2, 0.25) is 5.82 Å². The predicted octanol–water partition coefficient (Wildman–Crippen LogP) is 3.71. The van der Waals surface area contributed by atoms with Crippen molar-refractivity contribution in [1.29, 1.82) is 0 Å². The zero-order chi connectivity index (χ0) is 18.6. The third-order valence-electron chi connectivity index (χ3n) is 4.74. The Bertz CT molecular complexity index is 945. The first-order valence-corrected chi connectivity index (χ1v) is 9.12. The highest BCUT2D eigenvalue weighted by molar-refractivity contribution is 5.78. The number of hydrogen-bond donors (Lipinski definition) is 0. The highest BCUT2D eigenvalue weighted by Gasteiger charge is 2.20. The number of ether oxygens (including phenoxy) is 1. The molecule has 3 aromatic rings. The Kier molecular flexibility index (Phi) is 4.87. The Hall–Kier alpha value is -3.15. The normalized spacial score (nSPS) is 13.7. The summed E-state index contributed by atoms with van der Waals surface area (Å²) < 4.78 is 11.2. The van der Waals surface area contributed by atoms with Crippen molar-refractivity contribution in [2.75, 3.05) is 19.7 Å². The molecule has 6 nitrogen and oxygen atoms in total. The van der Waals surface area contributed by atoms with Gasteiger partial charge in [0.1, 0.15) is 5.75 Å². The molecule has 4 rings (SSSR count). The molecule has 1 aromatic heterocycles. The summed E-state index contributed by atoms with van der Waals surface area (Å²) in [5.74, 6) is 1.49. The molecule has 0 N–H and O–H groups in total. The molecule has 27 heavy (non-hydrogen) atoms. The van der Waals surface area contributed by atoms with Crippen LogP contribution in [0.15, 0.2) is 53.1 Å². The van der Waals surface area contributed by atoms with Crippen molar-refractivity contribution in [3.63, 3.8) is 0 Å². The number of carbonyl (C=O) groups is 1. The summed E-state index contributed by atoms with van der Waals surface area (Å²) in [6, 6.07) is 15.3. The maximum atomic E-state index is 12.2. The molecule has 0 atom stereocenters. The van der Waals surface area contributed by atoms with E-state index in [9.17, 15) is 4.79 Å². The van der Waals surface area contributed by atoms with Crippen LogP contribution in [-0.2, 0) is 4.79 Å². The van der Waals surface area contributed by atoms with Gasteiger partial charge in [0.25, 0.3) is 11.8 Å². The second-order valence-electron chi connectivity index (χ2n) is 6.61. The number of para-hydroxylation sites is 1. The van der Waals surface area contributed by atoms with Crippen LogP contribution in [0.4, 0.5) is 0 Å². The molecule has 1 amide bonds. The third kappa shape index (κ3) is 3.69. The van der Waals surface area contributed by atoms with E-state index in [0.29, 0.717) is 23.0 Å². The molecule has 2 aromatic carbocycles. The molecule has 0 saturated carbocycles. The molecule has 1 aliphatic rings. The van der Waals surface area contributed by atoms with E-state index >= 15 is 0 Å². The summed E-state index contributed by atoms with van der Waals surface area (Å²) in [5.41, 5.74) is 2.67. The first kappa shape index (κ1) is 17.3. The van der Waals surface area contributed by atoms with Gasteiger partial charge in [-0.05, 0) is 43.5 Å². The number of aryl methyl sites for hydroxylation is 1. The van der Waals surface area contributed by atoms with E-state index in [-0.39, 0.29) is 12.5 Å². The van der Waals surface area contributed by atoms with Crippen molar-refractivity contribution >= 4 is 5.91 Å². The van der Waals surface area contributed by atoms with Crippen molar-refractivity contribution < 1.29 is 14.1 Å². The Morgan fingerprint density at radius 2 is 1.78 bits per heavy atom. The lowest BCUT2D eigenvalue weighted by Crippen LogP contribution is -2.32. The van der Waals surface area contributed by atoms with Gasteiger partial charge >= 0.3 is 0 Å². The van der Waals surface area contributed by atoms with Crippen LogP contribution in [-0.4, -0.2) is 40.6 Å². The maximum Gasteiger partial charge on any atom is 0.260 e. The van der Waals surface area contributed by atoms with Gasteiger partial charge in [-0.1, -0.05) is 35.5 Å². The molecule has 1 fully saturated rings. The number of benzene rings is 2. The smallest absolute Gasteiger partial charge is 0.260 e. The summed E-state index contributed by atoms with van der Waals surface area (Å²) in [4.78, 5) is 18.6. The monoisotopic (exact) mass is 363 g/mol. The van der Waals surface area contributed by atoms with Crippen LogP contribution in [0.25, 0.3) is 22.8 Å². The van der Waals surface area contributed by atoms with Crippen molar-refractivity contribution in [2.24, 2.45) is 0 Å². The fourth-order valence-electron chi connectivity index (χ4n) is 3.23. The van der Waals surface area contributed by atoms with Crippen LogP contribution in [0.2, 0.25) is 0 Å². The summed E-state index contributed by atoms with van der Waals surface area (Å²) in [5, 5.41) is 4.11. The van der Waals surface area contributed by atoms with E-state index in [0.717, 1.165) is 37.1 Å². The molecule has 0 radical (unpaired) electrons. The first-order chi connectivity index (χ1) is 13.2. The van der Waals surface area contributed by atoms with Crippen LogP contribution < -0.4 is 4.74 Å². The van der Waals surface area contributed by atoms with Crippen molar-refractivity contribution in [2.45, 2.75) is 19.8 Å². The van der Waals surface area contributed by atoms with Gasteiger partial charge in [-0.15, -0.1) is 0 Å². The molecular weight excluding hydrogens is 342 g/mol. The van der Waals surface area contributed by atoms with Crippen LogP contribution >= 0.6 is 0 Å². The van der Waals surface area contributed by atoms with Gasteiger partial charge in [-0.3, -0.25) is 4.79 Å². The van der Waals surface area contributed by atoms with Gasteiger partial charge in [-0.2, -0.15) is 4.98 Å². The molecule has 0 aliphatic carbocycles. The topological polar surface area (TPSA) is 68.5 Å². The van der Waals surface area contributed by atoms with E-state index in [4.69, 9.17) is 9.26 Å². The summed E-state index contributed by atoms with van der Waals surface area (Å²) in [6.45, 7) is 3.64. The number of likely N-dealkylation sites (tertiary alicyclic amines) is 1. The second-order valence-corrected chi connectivity index (χ2v) is 6.61. The number of hydrogen-bond acceptors (Lipinski definition) is 5. The fraction of sp³-hybridized carbons (Fsp3) is 0.286. The van der Waals surface area contributed by atoms with Gasteiger partial charge in [0.05, 0.1) is 5.56 Å². The van der Waals surface area contributed by atoms with Crippen LogP contribution in [0.3, 0.4) is 0 Å². The molecule has 1 aliphatic heterocycles. The molecule has 6 heteroatoms. The maximum absolute atomic E-state index is 12.2. The van der Waals surface area contributed by atoms with Gasteiger partial charge in [0, 0.05) is 18.7 Å². The Morgan fingerprint density at radius 1 is 1.07 bits per heavy atom. The number of nitrogens with zero attached hydrogens (tertiary/aromatic N) is 3. The SMILES string of the molecule is Cc1ccccc1-c1nc(-c2ccccc2OCC(=O)N2CCCC2)no1. The van der Waals surface area contributed by atoms with E-state index in [2.05, 4.69) is 10.1 Å². The fourth-order valence-corrected chi connectivity index (χ4v) is 3.23. The number of amides is 1. The van der Waals surface area contributed by atoms with Crippen molar-refractivity contribution in [3.8, 4) is 28.6 Å². The molecule has 138 valence electrons. The summed E-state index contributed by atoms with van der Waals surface area (Å²) in [7, 11) is 0. The van der Waals surface area contributed by atoms with Crippen LogP contribution in [0, 0.1) is 6.92 Å². The quantitative estimate of drug-likeness (QED) is 0.691. The molecule has 0 bridgehead atoms. The molecule has 1 saturated heterocycles. The Morgan fingerprint density at radius 3 is 2.56 bits per heavy atom. The molecule has 2 heterocycles. The highest BCUT2D eigenvalue weighted by Crippen LogP contribution is 2.30. The van der Waals surface area contributed by atoms with E-state index < -0.39 is 0 Å².